The molecular weight excluding hydrogens is 256 g/mol. The normalized spacial score (nSPS) is 10.3. The van der Waals surface area contributed by atoms with Crippen molar-refractivity contribution in [3.63, 3.8) is 0 Å². The highest BCUT2D eigenvalue weighted by atomic mass is 32.2. The van der Waals surface area contributed by atoms with Crippen molar-refractivity contribution in [3.05, 3.63) is 66.2 Å². The first-order valence-corrected chi connectivity index (χ1v) is 8.17. The molecule has 0 bridgehead atoms. The van der Waals surface area contributed by atoms with Crippen molar-refractivity contribution >= 4 is 29.1 Å². The molecule has 0 amide bonds. The smallest absolute Gasteiger partial charge is 0.00695 e. The Labute approximate surface area is 118 Å². The molecule has 0 saturated heterocycles. The van der Waals surface area contributed by atoms with Crippen molar-refractivity contribution in [3.8, 4) is 0 Å². The monoisotopic (exact) mass is 272 g/mol. The number of benzene rings is 2. The van der Waals surface area contributed by atoms with Crippen molar-refractivity contribution in [2.75, 3.05) is 12.5 Å². The summed E-state index contributed by atoms with van der Waals surface area (Å²) >= 11 is 3.52. The quantitative estimate of drug-likeness (QED) is 0.702. The Morgan fingerprint density at radius 1 is 0.722 bits per heavy atom. The van der Waals surface area contributed by atoms with Crippen LogP contribution in [-0.4, -0.2) is 12.5 Å². The van der Waals surface area contributed by atoms with Crippen LogP contribution in [-0.2, 0) is 0 Å². The van der Waals surface area contributed by atoms with Crippen molar-refractivity contribution in [2.45, 2.75) is 9.79 Å². The van der Waals surface area contributed by atoms with Gasteiger partial charge < -0.3 is 0 Å². The van der Waals surface area contributed by atoms with Crippen LogP contribution in [0.2, 0.25) is 0 Å². The van der Waals surface area contributed by atoms with Gasteiger partial charge in [-0.25, -0.2) is 0 Å². The largest absolute Gasteiger partial charge is 0.130 e. The standard InChI is InChI=1S/C16H16S2/c1-12(13-4-8-15(17-2)9-5-13)14-6-10-16(18-3)11-7-14/h4-11H,1H2,2-3H3. The Morgan fingerprint density at radius 2 is 1.06 bits per heavy atom. The van der Waals surface area contributed by atoms with Gasteiger partial charge in [-0.2, -0.15) is 0 Å². The Kier molecular flexibility index (Phi) is 4.56. The van der Waals surface area contributed by atoms with E-state index in [-0.39, 0.29) is 0 Å². The van der Waals surface area contributed by atoms with Crippen molar-refractivity contribution < 1.29 is 0 Å². The van der Waals surface area contributed by atoms with E-state index >= 15 is 0 Å². The van der Waals surface area contributed by atoms with E-state index in [4.69, 9.17) is 0 Å². The maximum absolute atomic E-state index is 4.19. The fourth-order valence-electron chi connectivity index (χ4n) is 1.75. The average molecular weight is 272 g/mol. The van der Waals surface area contributed by atoms with Gasteiger partial charge in [0, 0.05) is 9.79 Å². The molecule has 2 aromatic carbocycles. The van der Waals surface area contributed by atoms with Crippen LogP contribution in [0.3, 0.4) is 0 Å². The summed E-state index contributed by atoms with van der Waals surface area (Å²) in [7, 11) is 0. The van der Waals surface area contributed by atoms with Crippen molar-refractivity contribution in [2.24, 2.45) is 0 Å². The van der Waals surface area contributed by atoms with Crippen LogP contribution >= 0.6 is 23.5 Å². The second-order valence-corrected chi connectivity index (χ2v) is 5.69. The Morgan fingerprint density at radius 3 is 1.33 bits per heavy atom. The van der Waals surface area contributed by atoms with E-state index in [0.29, 0.717) is 0 Å². The zero-order valence-electron chi connectivity index (χ0n) is 10.6. The van der Waals surface area contributed by atoms with Crippen molar-refractivity contribution in [1.82, 2.24) is 0 Å². The molecule has 0 fully saturated rings. The fourth-order valence-corrected chi connectivity index (χ4v) is 2.57. The summed E-state index contributed by atoms with van der Waals surface area (Å²) in [5.41, 5.74) is 3.45. The van der Waals surface area contributed by atoms with E-state index in [1.807, 2.05) is 0 Å². The molecule has 18 heavy (non-hydrogen) atoms. The third kappa shape index (κ3) is 3.01. The van der Waals surface area contributed by atoms with E-state index in [9.17, 15) is 0 Å². The van der Waals surface area contributed by atoms with Gasteiger partial charge in [0.1, 0.15) is 0 Å². The third-order valence-corrected chi connectivity index (χ3v) is 4.36. The molecular formula is C16H16S2. The van der Waals surface area contributed by atoms with Gasteiger partial charge >= 0.3 is 0 Å². The minimum Gasteiger partial charge on any atom is -0.130 e. The Balaban J connectivity index is 2.23. The molecule has 0 atom stereocenters. The van der Waals surface area contributed by atoms with Gasteiger partial charge in [-0.1, -0.05) is 30.8 Å². The highest BCUT2D eigenvalue weighted by molar-refractivity contribution is 7.98. The van der Waals surface area contributed by atoms with E-state index in [0.717, 1.165) is 5.57 Å². The summed E-state index contributed by atoms with van der Waals surface area (Å²) in [5.74, 6) is 0. The third-order valence-electron chi connectivity index (χ3n) is 2.88. The Bertz CT molecular complexity index is 475. The second-order valence-electron chi connectivity index (χ2n) is 3.94. The molecule has 0 aliphatic carbocycles. The zero-order valence-corrected chi connectivity index (χ0v) is 12.3. The van der Waals surface area contributed by atoms with Gasteiger partial charge in [0.25, 0.3) is 0 Å². The number of rotatable bonds is 4. The van der Waals surface area contributed by atoms with Crippen LogP contribution in [0.1, 0.15) is 11.1 Å². The second kappa shape index (κ2) is 6.17. The van der Waals surface area contributed by atoms with Gasteiger partial charge in [0.2, 0.25) is 0 Å². The summed E-state index contributed by atoms with van der Waals surface area (Å²) in [4.78, 5) is 2.56. The first-order chi connectivity index (χ1) is 8.74. The van der Waals surface area contributed by atoms with E-state index in [1.165, 1.54) is 20.9 Å². The predicted molar refractivity (Wildman–Crippen MR) is 84.6 cm³/mol. The maximum Gasteiger partial charge on any atom is 0.00695 e. The van der Waals surface area contributed by atoms with Crippen LogP contribution in [0.25, 0.3) is 5.57 Å². The number of thioether (sulfide) groups is 2. The van der Waals surface area contributed by atoms with Gasteiger partial charge in [0.05, 0.1) is 0 Å². The van der Waals surface area contributed by atoms with Gasteiger partial charge in [-0.15, -0.1) is 23.5 Å². The predicted octanol–water partition coefficient (Wildman–Crippen LogP) is 5.19. The molecule has 0 nitrogen and oxygen atoms in total. The van der Waals surface area contributed by atoms with Crippen LogP contribution in [0, 0.1) is 0 Å². The van der Waals surface area contributed by atoms with E-state index < -0.39 is 0 Å². The highest BCUT2D eigenvalue weighted by Gasteiger charge is 2.02. The molecule has 0 radical (unpaired) electrons. The molecule has 0 N–H and O–H groups in total. The summed E-state index contributed by atoms with van der Waals surface area (Å²) in [6, 6.07) is 17.1. The van der Waals surface area contributed by atoms with Gasteiger partial charge in [-0.05, 0) is 53.5 Å². The minimum absolute atomic E-state index is 1.08. The molecule has 2 rings (SSSR count). The van der Waals surface area contributed by atoms with Gasteiger partial charge in [0.15, 0.2) is 0 Å². The summed E-state index contributed by atoms with van der Waals surface area (Å²) in [6.45, 7) is 4.19. The molecule has 92 valence electrons. The first kappa shape index (κ1) is 13.3. The summed E-state index contributed by atoms with van der Waals surface area (Å²) in [5, 5.41) is 0. The molecule has 0 spiro atoms. The average Bonchev–Trinajstić information content (AvgIpc) is 2.47. The maximum atomic E-state index is 4.19. The van der Waals surface area contributed by atoms with Crippen LogP contribution in [0.5, 0.6) is 0 Å². The SMILES string of the molecule is C=C(c1ccc(SC)cc1)c1ccc(SC)cc1. The van der Waals surface area contributed by atoms with Gasteiger partial charge in [-0.3, -0.25) is 0 Å². The van der Waals surface area contributed by atoms with E-state index in [1.54, 1.807) is 23.5 Å². The summed E-state index contributed by atoms with van der Waals surface area (Å²) < 4.78 is 0. The zero-order chi connectivity index (χ0) is 13.0. The van der Waals surface area contributed by atoms with Crippen LogP contribution in [0.15, 0.2) is 64.9 Å². The highest BCUT2D eigenvalue weighted by Crippen LogP contribution is 2.25. The minimum atomic E-state index is 1.08. The molecule has 0 saturated carbocycles. The number of hydrogen-bond acceptors (Lipinski definition) is 2. The molecule has 2 heteroatoms. The lowest BCUT2D eigenvalue weighted by molar-refractivity contribution is 1.41. The molecule has 0 heterocycles. The van der Waals surface area contributed by atoms with Crippen LogP contribution in [0.4, 0.5) is 0 Å². The molecule has 0 aromatic heterocycles. The lowest BCUT2D eigenvalue weighted by Gasteiger charge is -2.07. The van der Waals surface area contributed by atoms with Crippen molar-refractivity contribution in [1.29, 1.82) is 0 Å². The lowest BCUT2D eigenvalue weighted by Crippen LogP contribution is -1.86. The first-order valence-electron chi connectivity index (χ1n) is 5.72. The topological polar surface area (TPSA) is 0 Å². The molecule has 0 aliphatic rings. The molecule has 0 unspecified atom stereocenters. The fraction of sp³-hybridized carbons (Fsp3) is 0.125. The lowest BCUT2D eigenvalue weighted by atomic mass is 10.00. The summed E-state index contributed by atoms with van der Waals surface area (Å²) in [6.07, 6.45) is 4.18. The van der Waals surface area contributed by atoms with E-state index in [2.05, 4.69) is 67.6 Å². The molecule has 2 aromatic rings. The molecule has 0 aliphatic heterocycles. The Hall–Kier alpha value is -1.12. The van der Waals surface area contributed by atoms with Crippen LogP contribution < -0.4 is 0 Å². The number of hydrogen-bond donors (Lipinski definition) is 0.